The molecule has 0 heterocycles. The van der Waals surface area contributed by atoms with Gasteiger partial charge in [-0.25, -0.2) is 17.9 Å². The Hall–Kier alpha value is -1.44. The lowest BCUT2D eigenvalue weighted by atomic mass is 10.1. The molecule has 0 aliphatic rings. The van der Waals surface area contributed by atoms with E-state index < -0.39 is 16.0 Å². The zero-order chi connectivity index (χ0) is 15.5. The molecule has 0 saturated carbocycles. The average molecular weight is 300 g/mol. The lowest BCUT2D eigenvalue weighted by molar-refractivity contribution is 0.0696. The van der Waals surface area contributed by atoms with Gasteiger partial charge in [-0.2, -0.15) is 0 Å². The fourth-order valence-electron chi connectivity index (χ4n) is 1.51. The van der Waals surface area contributed by atoms with Gasteiger partial charge in [-0.05, 0) is 45.6 Å². The summed E-state index contributed by atoms with van der Waals surface area (Å²) in [6, 6.07) is 4.10. The van der Waals surface area contributed by atoms with E-state index in [-0.39, 0.29) is 23.0 Å². The number of hydrogen-bond acceptors (Lipinski definition) is 4. The molecule has 0 fully saturated rings. The summed E-state index contributed by atoms with van der Waals surface area (Å²) >= 11 is 0. The van der Waals surface area contributed by atoms with Crippen LogP contribution in [0.25, 0.3) is 0 Å². The molecular weight excluding hydrogens is 280 g/mol. The third kappa shape index (κ3) is 4.03. The van der Waals surface area contributed by atoms with Crippen molar-refractivity contribution in [2.45, 2.75) is 24.8 Å². The molecular formula is C13H20N2O4S. The highest BCUT2D eigenvalue weighted by Crippen LogP contribution is 2.17. The van der Waals surface area contributed by atoms with Gasteiger partial charge in [0.25, 0.3) is 0 Å². The molecule has 0 saturated heterocycles. The molecule has 2 N–H and O–H groups in total. The van der Waals surface area contributed by atoms with Gasteiger partial charge in [-0.15, -0.1) is 0 Å². The smallest absolute Gasteiger partial charge is 0.335 e. The number of benzene rings is 1. The molecule has 0 aliphatic heterocycles. The number of nitrogens with zero attached hydrogens (tertiary/aromatic N) is 1. The SMILES string of the molecule is Cc1ccc(C(=O)O)cc1S(=O)(=O)NCC(C)N(C)C. The van der Waals surface area contributed by atoms with Crippen LogP contribution in [-0.4, -0.2) is 51.1 Å². The standard InChI is InChI=1S/C13H20N2O4S/c1-9-5-6-11(13(16)17)7-12(9)20(18,19)14-8-10(2)15(3)4/h5-7,10,14H,8H2,1-4H3,(H,16,17). The number of hydrogen-bond donors (Lipinski definition) is 2. The Morgan fingerprint density at radius 1 is 1.40 bits per heavy atom. The van der Waals surface area contributed by atoms with Gasteiger partial charge in [0.2, 0.25) is 10.0 Å². The number of nitrogens with one attached hydrogen (secondary N) is 1. The quantitative estimate of drug-likeness (QED) is 0.816. The lowest BCUT2D eigenvalue weighted by Crippen LogP contribution is -2.38. The van der Waals surface area contributed by atoms with E-state index in [4.69, 9.17) is 5.11 Å². The largest absolute Gasteiger partial charge is 0.478 e. The molecule has 1 unspecified atom stereocenters. The first-order valence-corrected chi connectivity index (χ1v) is 7.63. The zero-order valence-corrected chi connectivity index (χ0v) is 12.9. The Morgan fingerprint density at radius 2 is 2.00 bits per heavy atom. The first-order chi connectivity index (χ1) is 9.15. The van der Waals surface area contributed by atoms with Crippen molar-refractivity contribution in [3.63, 3.8) is 0 Å². The summed E-state index contributed by atoms with van der Waals surface area (Å²) in [6.07, 6.45) is 0. The third-order valence-electron chi connectivity index (χ3n) is 3.17. The van der Waals surface area contributed by atoms with Gasteiger partial charge in [0.1, 0.15) is 0 Å². The van der Waals surface area contributed by atoms with Gasteiger partial charge in [-0.1, -0.05) is 6.07 Å². The van der Waals surface area contributed by atoms with E-state index in [9.17, 15) is 13.2 Å². The Bertz CT molecular complexity index is 596. The molecule has 7 heteroatoms. The summed E-state index contributed by atoms with van der Waals surface area (Å²) in [5, 5.41) is 8.93. The van der Waals surface area contributed by atoms with E-state index in [0.717, 1.165) is 0 Å². The molecule has 0 aromatic heterocycles. The van der Waals surface area contributed by atoms with Crippen LogP contribution in [0.4, 0.5) is 0 Å². The molecule has 0 bridgehead atoms. The van der Waals surface area contributed by atoms with Gasteiger partial charge < -0.3 is 10.0 Å². The molecule has 1 atom stereocenters. The van der Waals surface area contributed by atoms with Gasteiger partial charge in [0, 0.05) is 12.6 Å². The molecule has 0 amide bonds. The minimum absolute atomic E-state index is 0.00311. The minimum atomic E-state index is -3.72. The van der Waals surface area contributed by atoms with Crippen LogP contribution in [0.1, 0.15) is 22.8 Å². The summed E-state index contributed by atoms with van der Waals surface area (Å²) in [5.41, 5.74) is 0.469. The van der Waals surface area contributed by atoms with Crippen LogP contribution in [0.5, 0.6) is 0 Å². The molecule has 20 heavy (non-hydrogen) atoms. The zero-order valence-electron chi connectivity index (χ0n) is 12.0. The maximum Gasteiger partial charge on any atom is 0.335 e. The summed E-state index contributed by atoms with van der Waals surface area (Å²) in [5.74, 6) is -1.15. The van der Waals surface area contributed by atoms with Crippen LogP contribution in [0, 0.1) is 6.92 Å². The number of sulfonamides is 1. The number of aryl methyl sites for hydroxylation is 1. The molecule has 0 aliphatic carbocycles. The molecule has 1 aromatic carbocycles. The van der Waals surface area contributed by atoms with Crippen molar-refractivity contribution >= 4 is 16.0 Å². The monoisotopic (exact) mass is 300 g/mol. The number of carbonyl (C=O) groups is 1. The summed E-state index contributed by atoms with van der Waals surface area (Å²) in [7, 11) is -0.00273. The third-order valence-corrected chi connectivity index (χ3v) is 4.74. The van der Waals surface area contributed by atoms with Gasteiger partial charge in [-0.3, -0.25) is 0 Å². The van der Waals surface area contributed by atoms with Crippen LogP contribution in [0.2, 0.25) is 0 Å². The van der Waals surface area contributed by atoms with Crippen molar-refractivity contribution in [2.75, 3.05) is 20.6 Å². The van der Waals surface area contributed by atoms with Crippen LogP contribution in [0.3, 0.4) is 0 Å². The van der Waals surface area contributed by atoms with Crippen molar-refractivity contribution in [3.8, 4) is 0 Å². The van der Waals surface area contributed by atoms with Gasteiger partial charge >= 0.3 is 5.97 Å². The first-order valence-electron chi connectivity index (χ1n) is 6.15. The van der Waals surface area contributed by atoms with E-state index in [1.807, 2.05) is 25.9 Å². The second-order valence-corrected chi connectivity index (χ2v) is 6.69. The Morgan fingerprint density at radius 3 is 2.50 bits per heavy atom. The van der Waals surface area contributed by atoms with Crippen molar-refractivity contribution in [1.82, 2.24) is 9.62 Å². The minimum Gasteiger partial charge on any atom is -0.478 e. The normalized spacial score (nSPS) is 13.4. The fourth-order valence-corrected chi connectivity index (χ4v) is 2.90. The number of rotatable bonds is 6. The predicted molar refractivity (Wildman–Crippen MR) is 76.5 cm³/mol. The molecule has 1 rings (SSSR count). The second-order valence-electron chi connectivity index (χ2n) is 4.95. The number of aromatic carboxylic acids is 1. The van der Waals surface area contributed by atoms with Crippen molar-refractivity contribution in [1.29, 1.82) is 0 Å². The van der Waals surface area contributed by atoms with E-state index in [1.54, 1.807) is 6.92 Å². The average Bonchev–Trinajstić information content (AvgIpc) is 2.35. The van der Waals surface area contributed by atoms with E-state index >= 15 is 0 Å². The van der Waals surface area contributed by atoms with Crippen LogP contribution in [-0.2, 0) is 10.0 Å². The molecule has 0 radical (unpaired) electrons. The highest BCUT2D eigenvalue weighted by atomic mass is 32.2. The van der Waals surface area contributed by atoms with Gasteiger partial charge in [0.05, 0.1) is 10.5 Å². The highest BCUT2D eigenvalue weighted by molar-refractivity contribution is 7.89. The van der Waals surface area contributed by atoms with Crippen molar-refractivity contribution in [3.05, 3.63) is 29.3 Å². The number of carboxylic acids is 1. The van der Waals surface area contributed by atoms with Gasteiger partial charge in [0.15, 0.2) is 0 Å². The highest BCUT2D eigenvalue weighted by Gasteiger charge is 2.19. The Kier molecular flexibility index (Phi) is 5.27. The predicted octanol–water partition coefficient (Wildman–Crippen LogP) is 0.922. The lowest BCUT2D eigenvalue weighted by Gasteiger charge is -2.20. The molecule has 0 spiro atoms. The molecule has 1 aromatic rings. The fraction of sp³-hybridized carbons (Fsp3) is 0.462. The van der Waals surface area contributed by atoms with Crippen LogP contribution in [0.15, 0.2) is 23.1 Å². The van der Waals surface area contributed by atoms with E-state index in [0.29, 0.717) is 5.56 Å². The van der Waals surface area contributed by atoms with E-state index in [1.165, 1.54) is 18.2 Å². The van der Waals surface area contributed by atoms with Crippen LogP contribution < -0.4 is 4.72 Å². The first kappa shape index (κ1) is 16.6. The van der Waals surface area contributed by atoms with Crippen molar-refractivity contribution < 1.29 is 18.3 Å². The summed E-state index contributed by atoms with van der Waals surface area (Å²) in [4.78, 5) is 12.8. The maximum atomic E-state index is 12.2. The van der Waals surface area contributed by atoms with E-state index in [2.05, 4.69) is 4.72 Å². The molecule has 112 valence electrons. The van der Waals surface area contributed by atoms with Crippen molar-refractivity contribution in [2.24, 2.45) is 0 Å². The summed E-state index contributed by atoms with van der Waals surface area (Å²) in [6.45, 7) is 3.78. The molecule has 6 nitrogen and oxygen atoms in total. The summed E-state index contributed by atoms with van der Waals surface area (Å²) < 4.78 is 27.0. The maximum absolute atomic E-state index is 12.2. The number of likely N-dealkylation sites (N-methyl/N-ethyl adjacent to an activating group) is 1. The Balaban J connectivity index is 3.03. The van der Waals surface area contributed by atoms with Crippen LogP contribution >= 0.6 is 0 Å². The second kappa shape index (κ2) is 6.34. The topological polar surface area (TPSA) is 86.7 Å². The Labute approximate surface area is 119 Å². The number of carboxylic acid groups (broad SMARTS) is 1.